The third kappa shape index (κ3) is 55.9. The number of phosphoric ester groups is 2. The Kier molecular flexibility index (Phi) is 52.0. The Morgan fingerprint density at radius 3 is 0.866 bits per heavy atom. The normalized spacial score (nSPS) is 14.8. The van der Waals surface area contributed by atoms with Crippen LogP contribution in [0.5, 0.6) is 0 Å². The van der Waals surface area contributed by atoms with E-state index in [-0.39, 0.29) is 25.7 Å². The first-order valence-corrected chi connectivity index (χ1v) is 35.7. The highest BCUT2D eigenvalue weighted by Gasteiger charge is 2.30. The van der Waals surface area contributed by atoms with E-state index in [9.17, 15) is 43.2 Å². The zero-order valence-electron chi connectivity index (χ0n) is 53.1. The average molecular weight is 1210 g/mol. The van der Waals surface area contributed by atoms with E-state index < -0.39 is 97.5 Å². The van der Waals surface area contributed by atoms with E-state index >= 15 is 0 Å². The molecule has 0 amide bonds. The summed E-state index contributed by atoms with van der Waals surface area (Å²) < 4.78 is 67.9. The maximum absolute atomic E-state index is 13.0. The largest absolute Gasteiger partial charge is 0.472 e. The van der Waals surface area contributed by atoms with Crippen molar-refractivity contribution >= 4 is 39.5 Å². The molecule has 82 heavy (non-hydrogen) atoms. The molecule has 486 valence electrons. The van der Waals surface area contributed by atoms with Crippen LogP contribution in [0, 0.1) is 23.7 Å². The molecule has 0 saturated heterocycles. The molecule has 0 aliphatic carbocycles. The number of unbranched alkanes of at least 4 members (excludes halogenated alkanes) is 25. The van der Waals surface area contributed by atoms with Crippen LogP contribution in [-0.2, 0) is 65.4 Å². The van der Waals surface area contributed by atoms with Gasteiger partial charge in [-0.1, -0.05) is 248 Å². The van der Waals surface area contributed by atoms with Crippen LogP contribution in [0.2, 0.25) is 0 Å². The van der Waals surface area contributed by atoms with Crippen LogP contribution in [0.4, 0.5) is 0 Å². The van der Waals surface area contributed by atoms with Gasteiger partial charge in [0, 0.05) is 25.7 Å². The average Bonchev–Trinajstić information content (AvgIpc) is 3.44. The van der Waals surface area contributed by atoms with Gasteiger partial charge in [0.15, 0.2) is 12.2 Å². The molecule has 4 unspecified atom stereocenters. The number of esters is 4. The number of rotatable bonds is 60. The summed E-state index contributed by atoms with van der Waals surface area (Å²) in [5.74, 6) is 0.727. The molecular weight excluding hydrogens is 1090 g/mol. The number of ether oxygens (including phenoxy) is 4. The highest BCUT2D eigenvalue weighted by molar-refractivity contribution is 7.47. The van der Waals surface area contributed by atoms with Crippen LogP contribution in [0.3, 0.4) is 0 Å². The molecule has 6 atom stereocenters. The Labute approximate surface area is 498 Å². The molecule has 0 saturated carbocycles. The monoisotopic (exact) mass is 1210 g/mol. The van der Waals surface area contributed by atoms with Crippen LogP contribution < -0.4 is 0 Å². The summed E-state index contributed by atoms with van der Waals surface area (Å²) in [7, 11) is -9.89. The summed E-state index contributed by atoms with van der Waals surface area (Å²) in [6, 6.07) is 0. The first-order chi connectivity index (χ1) is 39.1. The number of hydrogen-bond donors (Lipinski definition) is 3. The quantitative estimate of drug-likeness (QED) is 0.0222. The number of aliphatic hydroxyl groups excluding tert-OH is 1. The van der Waals surface area contributed by atoms with Gasteiger partial charge in [0.1, 0.15) is 19.3 Å². The minimum Gasteiger partial charge on any atom is -0.462 e. The number of phosphoric acid groups is 2. The van der Waals surface area contributed by atoms with Gasteiger partial charge in [-0.15, -0.1) is 0 Å². The Hall–Kier alpha value is -1.94. The molecular formula is C63H122O17P2. The third-order valence-corrected chi connectivity index (χ3v) is 16.6. The molecule has 0 rings (SSSR count). The van der Waals surface area contributed by atoms with Crippen molar-refractivity contribution in [2.75, 3.05) is 39.6 Å². The van der Waals surface area contributed by atoms with Gasteiger partial charge in [0.2, 0.25) is 0 Å². The molecule has 19 heteroatoms. The topological polar surface area (TPSA) is 237 Å². The van der Waals surface area contributed by atoms with Crippen LogP contribution in [0.1, 0.15) is 299 Å². The summed E-state index contributed by atoms with van der Waals surface area (Å²) in [6.45, 7) is 13.9. The summed E-state index contributed by atoms with van der Waals surface area (Å²) in [4.78, 5) is 72.1. The lowest BCUT2D eigenvalue weighted by Crippen LogP contribution is -2.30. The van der Waals surface area contributed by atoms with Crippen molar-refractivity contribution in [2.24, 2.45) is 23.7 Å². The molecule has 0 aromatic heterocycles. The molecule has 0 aliphatic heterocycles. The lowest BCUT2D eigenvalue weighted by Gasteiger charge is -2.21. The van der Waals surface area contributed by atoms with Gasteiger partial charge in [-0.25, -0.2) is 9.13 Å². The minimum absolute atomic E-state index is 0.102. The summed E-state index contributed by atoms with van der Waals surface area (Å²) in [5, 5.41) is 10.5. The second-order valence-corrected chi connectivity index (χ2v) is 27.4. The summed E-state index contributed by atoms with van der Waals surface area (Å²) >= 11 is 0. The smallest absolute Gasteiger partial charge is 0.462 e. The van der Waals surface area contributed by atoms with Crippen LogP contribution in [0.15, 0.2) is 0 Å². The van der Waals surface area contributed by atoms with Gasteiger partial charge in [-0.2, -0.15) is 0 Å². The fraction of sp³-hybridized carbons (Fsp3) is 0.937. The number of aliphatic hydroxyl groups is 1. The van der Waals surface area contributed by atoms with Crippen molar-refractivity contribution in [3.05, 3.63) is 0 Å². The van der Waals surface area contributed by atoms with Crippen molar-refractivity contribution in [3.8, 4) is 0 Å². The van der Waals surface area contributed by atoms with Crippen molar-refractivity contribution in [1.82, 2.24) is 0 Å². The molecule has 3 N–H and O–H groups in total. The fourth-order valence-corrected chi connectivity index (χ4v) is 10.8. The van der Waals surface area contributed by atoms with E-state index in [0.29, 0.717) is 31.6 Å². The molecule has 0 fully saturated rings. The highest BCUT2D eigenvalue weighted by atomic mass is 31.2. The van der Waals surface area contributed by atoms with Gasteiger partial charge in [0.25, 0.3) is 0 Å². The van der Waals surface area contributed by atoms with E-state index in [1.165, 1.54) is 96.3 Å². The fourth-order valence-electron chi connectivity index (χ4n) is 9.22. The Bertz CT molecular complexity index is 1650. The molecule has 0 heterocycles. The Morgan fingerprint density at radius 1 is 0.341 bits per heavy atom. The van der Waals surface area contributed by atoms with Crippen LogP contribution in [0.25, 0.3) is 0 Å². The molecule has 0 radical (unpaired) electrons. The summed E-state index contributed by atoms with van der Waals surface area (Å²) in [5.41, 5.74) is 0. The first kappa shape index (κ1) is 80.1. The standard InChI is InChI=1S/C63H122O17P2/c1-9-56(8)42-34-26-21-22-28-36-44-61(66)74-50-59(79-62(67)45-37-29-19-13-11-16-24-32-40-54(4)5)52-78-82(71,72)76-48-57(64)47-75-81(69,70)77-51-58(80-63(68)46-38-30-20-14-17-25-33-41-55(6)7)49-73-60(65)43-35-27-18-12-10-15-23-31-39-53(2)3/h53-59,64H,9-52H2,1-8H3,(H,69,70)(H,71,72)/t56?,57?,58-,59-/m1/s1. The zero-order valence-corrected chi connectivity index (χ0v) is 54.9. The Balaban J connectivity index is 5.26. The molecule has 17 nitrogen and oxygen atoms in total. The minimum atomic E-state index is -4.94. The van der Waals surface area contributed by atoms with Crippen molar-refractivity contribution in [1.29, 1.82) is 0 Å². The second-order valence-electron chi connectivity index (χ2n) is 24.5. The van der Waals surface area contributed by atoms with E-state index in [4.69, 9.17) is 37.0 Å². The van der Waals surface area contributed by atoms with Crippen molar-refractivity contribution < 1.29 is 80.2 Å². The summed E-state index contributed by atoms with van der Waals surface area (Å²) in [6.07, 6.45) is 32.3. The van der Waals surface area contributed by atoms with E-state index in [2.05, 4.69) is 55.4 Å². The van der Waals surface area contributed by atoms with Gasteiger partial charge in [0.05, 0.1) is 26.4 Å². The Morgan fingerprint density at radius 2 is 0.585 bits per heavy atom. The molecule has 0 bridgehead atoms. The van der Waals surface area contributed by atoms with Crippen LogP contribution >= 0.6 is 15.6 Å². The van der Waals surface area contributed by atoms with Crippen LogP contribution in [-0.4, -0.2) is 96.7 Å². The number of carbonyl (C=O) groups excluding carboxylic acids is 4. The van der Waals surface area contributed by atoms with Gasteiger partial charge < -0.3 is 33.8 Å². The first-order valence-electron chi connectivity index (χ1n) is 32.7. The van der Waals surface area contributed by atoms with Crippen molar-refractivity contribution in [3.63, 3.8) is 0 Å². The van der Waals surface area contributed by atoms with E-state index in [1.807, 2.05) is 0 Å². The highest BCUT2D eigenvalue weighted by Crippen LogP contribution is 2.45. The second kappa shape index (κ2) is 53.3. The van der Waals surface area contributed by atoms with E-state index in [0.717, 1.165) is 114 Å². The maximum atomic E-state index is 13.0. The number of carbonyl (C=O) groups is 4. The SMILES string of the molecule is CCC(C)CCCCCCCCC(=O)OC[C@H](COP(=O)(O)OCC(O)COP(=O)(O)OC[C@@H](COC(=O)CCCCCCCCCCC(C)C)OC(=O)CCCCCCCCCC(C)C)OC(=O)CCCCCCCCCCC(C)C. The zero-order chi connectivity index (χ0) is 61.1. The third-order valence-electron chi connectivity index (χ3n) is 14.7. The van der Waals surface area contributed by atoms with Gasteiger partial charge >= 0.3 is 39.5 Å². The lowest BCUT2D eigenvalue weighted by molar-refractivity contribution is -0.161. The van der Waals surface area contributed by atoms with Gasteiger partial charge in [-0.3, -0.25) is 37.3 Å². The molecule has 0 spiro atoms. The lowest BCUT2D eigenvalue weighted by atomic mass is 10.00. The van der Waals surface area contributed by atoms with Gasteiger partial charge in [-0.05, 0) is 49.4 Å². The molecule has 0 aromatic rings. The predicted octanol–water partition coefficient (Wildman–Crippen LogP) is 17.0. The molecule has 0 aromatic carbocycles. The van der Waals surface area contributed by atoms with Crippen molar-refractivity contribution in [2.45, 2.75) is 318 Å². The predicted molar refractivity (Wildman–Crippen MR) is 326 cm³/mol. The number of hydrogen-bond acceptors (Lipinski definition) is 15. The maximum Gasteiger partial charge on any atom is 0.472 e. The molecule has 0 aliphatic rings. The van der Waals surface area contributed by atoms with E-state index in [1.54, 1.807) is 0 Å².